The monoisotopic (exact) mass is 155 g/mol. The summed E-state index contributed by atoms with van der Waals surface area (Å²) in [6.07, 6.45) is 5.96. The Labute approximate surface area is 68.7 Å². The molecule has 1 aliphatic heterocycles. The van der Waals surface area contributed by atoms with Crippen LogP contribution in [0.15, 0.2) is 4.99 Å². The lowest BCUT2D eigenvalue weighted by atomic mass is 10.1. The Morgan fingerprint density at radius 1 is 1.55 bits per heavy atom. The second-order valence-electron chi connectivity index (χ2n) is 3.03. The standard InChI is InChI=1S/C9H17NO/c1-3-8-6-4-5-7-9(10-8)11-2/h8H,3-7H2,1-2H3. The Hall–Kier alpha value is -0.530. The molecule has 0 saturated heterocycles. The lowest BCUT2D eigenvalue weighted by Gasteiger charge is -2.06. The van der Waals surface area contributed by atoms with Crippen molar-refractivity contribution in [1.82, 2.24) is 0 Å². The van der Waals surface area contributed by atoms with Crippen LogP contribution in [0.25, 0.3) is 0 Å². The topological polar surface area (TPSA) is 21.6 Å². The summed E-state index contributed by atoms with van der Waals surface area (Å²) in [4.78, 5) is 4.51. The van der Waals surface area contributed by atoms with E-state index in [4.69, 9.17) is 4.74 Å². The molecule has 64 valence electrons. The van der Waals surface area contributed by atoms with Crippen LogP contribution in [-0.2, 0) is 4.74 Å². The SMILES string of the molecule is CCC1CCCCC(OC)=N1. The second kappa shape index (κ2) is 4.37. The lowest BCUT2D eigenvalue weighted by molar-refractivity contribution is 0.386. The maximum absolute atomic E-state index is 5.15. The highest BCUT2D eigenvalue weighted by Crippen LogP contribution is 2.15. The summed E-state index contributed by atoms with van der Waals surface area (Å²) in [6, 6.07) is 0.521. The molecule has 1 heterocycles. The van der Waals surface area contributed by atoms with E-state index in [1.807, 2.05) is 0 Å². The van der Waals surface area contributed by atoms with Crippen LogP contribution in [0.5, 0.6) is 0 Å². The molecule has 0 aliphatic carbocycles. The van der Waals surface area contributed by atoms with Crippen LogP contribution in [0.2, 0.25) is 0 Å². The highest BCUT2D eigenvalue weighted by molar-refractivity contribution is 5.76. The van der Waals surface area contributed by atoms with Crippen molar-refractivity contribution in [1.29, 1.82) is 0 Å². The van der Waals surface area contributed by atoms with Gasteiger partial charge in [-0.25, -0.2) is 0 Å². The number of methoxy groups -OCH3 is 1. The van der Waals surface area contributed by atoms with Crippen molar-refractivity contribution in [2.24, 2.45) is 4.99 Å². The predicted octanol–water partition coefficient (Wildman–Crippen LogP) is 2.38. The minimum atomic E-state index is 0.521. The Morgan fingerprint density at radius 3 is 3.00 bits per heavy atom. The molecule has 0 saturated carbocycles. The van der Waals surface area contributed by atoms with Gasteiger partial charge in [-0.2, -0.15) is 0 Å². The molecule has 0 N–H and O–H groups in total. The molecule has 0 bridgehead atoms. The zero-order valence-electron chi connectivity index (χ0n) is 7.47. The first-order valence-corrected chi connectivity index (χ1v) is 4.47. The summed E-state index contributed by atoms with van der Waals surface area (Å²) < 4.78 is 5.15. The summed E-state index contributed by atoms with van der Waals surface area (Å²) in [5.74, 6) is 0.953. The van der Waals surface area contributed by atoms with Gasteiger partial charge in [0, 0.05) is 6.42 Å². The Kier molecular flexibility index (Phi) is 3.40. The van der Waals surface area contributed by atoms with Gasteiger partial charge >= 0.3 is 0 Å². The van der Waals surface area contributed by atoms with Crippen molar-refractivity contribution < 1.29 is 4.74 Å². The molecular weight excluding hydrogens is 138 g/mol. The molecular formula is C9H17NO. The number of aliphatic imine (C=N–C) groups is 1. The van der Waals surface area contributed by atoms with E-state index in [9.17, 15) is 0 Å². The van der Waals surface area contributed by atoms with Gasteiger partial charge in [0.25, 0.3) is 0 Å². The minimum absolute atomic E-state index is 0.521. The van der Waals surface area contributed by atoms with Crippen molar-refractivity contribution in [3.8, 4) is 0 Å². The maximum atomic E-state index is 5.15. The number of nitrogens with zero attached hydrogens (tertiary/aromatic N) is 1. The third-order valence-corrected chi connectivity index (χ3v) is 2.21. The van der Waals surface area contributed by atoms with Gasteiger partial charge < -0.3 is 4.74 Å². The van der Waals surface area contributed by atoms with Gasteiger partial charge in [-0.05, 0) is 19.3 Å². The fourth-order valence-corrected chi connectivity index (χ4v) is 1.44. The molecule has 0 spiro atoms. The number of rotatable bonds is 1. The smallest absolute Gasteiger partial charge is 0.183 e. The van der Waals surface area contributed by atoms with Crippen LogP contribution >= 0.6 is 0 Å². The molecule has 2 heteroatoms. The van der Waals surface area contributed by atoms with Crippen LogP contribution in [0.3, 0.4) is 0 Å². The first-order chi connectivity index (χ1) is 5.36. The molecule has 1 aliphatic rings. The third kappa shape index (κ3) is 2.52. The molecule has 2 nitrogen and oxygen atoms in total. The fourth-order valence-electron chi connectivity index (χ4n) is 1.44. The van der Waals surface area contributed by atoms with Crippen LogP contribution in [-0.4, -0.2) is 19.0 Å². The van der Waals surface area contributed by atoms with E-state index in [1.165, 1.54) is 19.3 Å². The van der Waals surface area contributed by atoms with Crippen molar-refractivity contribution in [2.75, 3.05) is 7.11 Å². The van der Waals surface area contributed by atoms with E-state index >= 15 is 0 Å². The molecule has 0 radical (unpaired) electrons. The Bertz CT molecular complexity index is 142. The highest BCUT2D eigenvalue weighted by atomic mass is 16.5. The Balaban J connectivity index is 2.52. The third-order valence-electron chi connectivity index (χ3n) is 2.21. The van der Waals surface area contributed by atoms with Crippen molar-refractivity contribution in [2.45, 2.75) is 45.1 Å². The Morgan fingerprint density at radius 2 is 2.36 bits per heavy atom. The lowest BCUT2D eigenvalue weighted by Crippen LogP contribution is -2.05. The number of ether oxygens (including phenoxy) is 1. The van der Waals surface area contributed by atoms with Crippen LogP contribution in [0.4, 0.5) is 0 Å². The van der Waals surface area contributed by atoms with Gasteiger partial charge in [-0.3, -0.25) is 4.99 Å². The summed E-state index contributed by atoms with van der Waals surface area (Å²) in [7, 11) is 1.72. The fraction of sp³-hybridized carbons (Fsp3) is 0.889. The van der Waals surface area contributed by atoms with Gasteiger partial charge in [-0.1, -0.05) is 13.3 Å². The van der Waals surface area contributed by atoms with Gasteiger partial charge in [-0.15, -0.1) is 0 Å². The molecule has 1 atom stereocenters. The molecule has 1 unspecified atom stereocenters. The quantitative estimate of drug-likeness (QED) is 0.569. The first kappa shape index (κ1) is 8.57. The molecule has 0 aromatic carbocycles. The zero-order valence-corrected chi connectivity index (χ0v) is 7.47. The molecule has 1 rings (SSSR count). The number of hydrogen-bond acceptors (Lipinski definition) is 2. The van der Waals surface area contributed by atoms with Crippen LogP contribution < -0.4 is 0 Å². The van der Waals surface area contributed by atoms with E-state index in [2.05, 4.69) is 11.9 Å². The second-order valence-corrected chi connectivity index (χ2v) is 3.03. The summed E-state index contributed by atoms with van der Waals surface area (Å²) in [5, 5.41) is 0. The normalized spacial score (nSPS) is 25.6. The van der Waals surface area contributed by atoms with Gasteiger partial charge in [0.15, 0.2) is 5.90 Å². The highest BCUT2D eigenvalue weighted by Gasteiger charge is 2.11. The number of hydrogen-bond donors (Lipinski definition) is 0. The van der Waals surface area contributed by atoms with Gasteiger partial charge in [0.05, 0.1) is 13.2 Å². The van der Waals surface area contributed by atoms with E-state index in [0.29, 0.717) is 6.04 Å². The molecule has 0 fully saturated rings. The maximum Gasteiger partial charge on any atom is 0.183 e. The van der Waals surface area contributed by atoms with Crippen molar-refractivity contribution >= 4 is 5.90 Å². The average Bonchev–Trinajstić information content (AvgIpc) is 2.28. The van der Waals surface area contributed by atoms with Crippen molar-refractivity contribution in [3.05, 3.63) is 0 Å². The van der Waals surface area contributed by atoms with E-state index in [1.54, 1.807) is 7.11 Å². The summed E-state index contributed by atoms with van der Waals surface area (Å²) in [5.41, 5.74) is 0. The molecule has 11 heavy (non-hydrogen) atoms. The molecule has 0 aromatic rings. The first-order valence-electron chi connectivity index (χ1n) is 4.47. The summed E-state index contributed by atoms with van der Waals surface area (Å²) in [6.45, 7) is 2.19. The van der Waals surface area contributed by atoms with Crippen LogP contribution in [0, 0.1) is 0 Å². The van der Waals surface area contributed by atoms with E-state index < -0.39 is 0 Å². The zero-order chi connectivity index (χ0) is 8.10. The van der Waals surface area contributed by atoms with E-state index in [0.717, 1.165) is 18.7 Å². The van der Waals surface area contributed by atoms with Crippen LogP contribution in [0.1, 0.15) is 39.0 Å². The van der Waals surface area contributed by atoms with Crippen molar-refractivity contribution in [3.63, 3.8) is 0 Å². The molecule has 0 amide bonds. The largest absolute Gasteiger partial charge is 0.484 e. The summed E-state index contributed by atoms with van der Waals surface area (Å²) >= 11 is 0. The molecule has 0 aromatic heterocycles. The van der Waals surface area contributed by atoms with Gasteiger partial charge in [0.2, 0.25) is 0 Å². The minimum Gasteiger partial charge on any atom is -0.484 e. The predicted molar refractivity (Wildman–Crippen MR) is 47.0 cm³/mol. The van der Waals surface area contributed by atoms with E-state index in [-0.39, 0.29) is 0 Å². The van der Waals surface area contributed by atoms with Gasteiger partial charge in [0.1, 0.15) is 0 Å². The average molecular weight is 155 g/mol.